The van der Waals surface area contributed by atoms with Crippen LogP contribution in [0.5, 0.6) is 0 Å². The summed E-state index contributed by atoms with van der Waals surface area (Å²) in [6.45, 7) is 0.648. The summed E-state index contributed by atoms with van der Waals surface area (Å²) in [5.41, 5.74) is 5.68. The number of benzene rings is 1. The molecule has 2 rings (SSSR count). The van der Waals surface area contributed by atoms with Crippen molar-refractivity contribution in [1.82, 2.24) is 4.90 Å². The minimum absolute atomic E-state index is 0.0350. The van der Waals surface area contributed by atoms with E-state index in [1.54, 1.807) is 19.2 Å². The maximum absolute atomic E-state index is 12.2. The van der Waals surface area contributed by atoms with Gasteiger partial charge in [0.2, 0.25) is 11.8 Å². The molecule has 0 aromatic heterocycles. The highest BCUT2D eigenvalue weighted by molar-refractivity contribution is 5.96. The predicted molar refractivity (Wildman–Crippen MR) is 75.1 cm³/mol. The SMILES string of the molecule is CN(CC(=O)Nc1ccccc1)C(=O)C1(N)CCOC1. The van der Waals surface area contributed by atoms with Crippen LogP contribution in [0, 0.1) is 0 Å². The van der Waals surface area contributed by atoms with Crippen LogP contribution in [0.25, 0.3) is 0 Å². The zero-order valence-electron chi connectivity index (χ0n) is 11.5. The van der Waals surface area contributed by atoms with Gasteiger partial charge in [-0.2, -0.15) is 0 Å². The molecule has 1 saturated heterocycles. The summed E-state index contributed by atoms with van der Waals surface area (Å²) in [5.74, 6) is -0.521. The van der Waals surface area contributed by atoms with E-state index in [1.807, 2.05) is 18.2 Å². The van der Waals surface area contributed by atoms with Gasteiger partial charge in [-0.25, -0.2) is 0 Å². The number of likely N-dealkylation sites (N-methyl/N-ethyl adjacent to an activating group) is 1. The minimum atomic E-state index is -0.998. The number of hydrogen-bond donors (Lipinski definition) is 2. The number of nitrogens with zero attached hydrogens (tertiary/aromatic N) is 1. The lowest BCUT2D eigenvalue weighted by Crippen LogP contribution is -2.56. The van der Waals surface area contributed by atoms with E-state index in [-0.39, 0.29) is 25.0 Å². The number of anilines is 1. The van der Waals surface area contributed by atoms with Crippen LogP contribution >= 0.6 is 0 Å². The standard InChI is InChI=1S/C14H19N3O3/c1-17(13(19)14(15)7-8-20-10-14)9-12(18)16-11-5-3-2-4-6-11/h2-6H,7-10,15H2,1H3,(H,16,18). The highest BCUT2D eigenvalue weighted by Crippen LogP contribution is 2.17. The first kappa shape index (κ1) is 14.5. The van der Waals surface area contributed by atoms with Crippen molar-refractivity contribution in [2.24, 2.45) is 5.73 Å². The molecule has 3 N–H and O–H groups in total. The van der Waals surface area contributed by atoms with Gasteiger partial charge in [0.25, 0.3) is 0 Å². The number of para-hydroxylation sites is 1. The zero-order valence-corrected chi connectivity index (χ0v) is 11.5. The van der Waals surface area contributed by atoms with Crippen LogP contribution in [0.1, 0.15) is 6.42 Å². The summed E-state index contributed by atoms with van der Waals surface area (Å²) in [6, 6.07) is 9.10. The third-order valence-electron chi connectivity index (χ3n) is 3.26. The molecule has 1 fully saturated rings. The van der Waals surface area contributed by atoms with Crippen molar-refractivity contribution in [1.29, 1.82) is 0 Å². The van der Waals surface area contributed by atoms with Crippen LogP contribution in [-0.2, 0) is 14.3 Å². The van der Waals surface area contributed by atoms with Crippen LogP contribution < -0.4 is 11.1 Å². The Morgan fingerprint density at radius 1 is 1.40 bits per heavy atom. The van der Waals surface area contributed by atoms with Crippen molar-refractivity contribution in [3.05, 3.63) is 30.3 Å². The normalized spacial score (nSPS) is 21.5. The van der Waals surface area contributed by atoms with E-state index < -0.39 is 5.54 Å². The number of carbonyl (C=O) groups is 2. The average Bonchev–Trinajstić information content (AvgIpc) is 2.87. The highest BCUT2D eigenvalue weighted by Gasteiger charge is 2.40. The monoisotopic (exact) mass is 277 g/mol. The molecule has 1 aliphatic heterocycles. The second-order valence-electron chi connectivity index (χ2n) is 5.03. The van der Waals surface area contributed by atoms with Gasteiger partial charge >= 0.3 is 0 Å². The Bertz CT molecular complexity index is 484. The van der Waals surface area contributed by atoms with Crippen molar-refractivity contribution in [3.63, 3.8) is 0 Å². The van der Waals surface area contributed by atoms with Crippen molar-refractivity contribution in [3.8, 4) is 0 Å². The molecule has 0 radical (unpaired) electrons. The fourth-order valence-electron chi connectivity index (χ4n) is 2.14. The topological polar surface area (TPSA) is 84.7 Å². The highest BCUT2D eigenvalue weighted by atomic mass is 16.5. The van der Waals surface area contributed by atoms with Crippen LogP contribution in [0.3, 0.4) is 0 Å². The molecule has 6 heteroatoms. The number of carbonyl (C=O) groups excluding carboxylic acids is 2. The zero-order chi connectivity index (χ0) is 14.6. The van der Waals surface area contributed by atoms with Gasteiger partial charge in [-0.05, 0) is 18.6 Å². The van der Waals surface area contributed by atoms with Gasteiger partial charge < -0.3 is 20.7 Å². The number of amides is 2. The third-order valence-corrected chi connectivity index (χ3v) is 3.26. The fraction of sp³-hybridized carbons (Fsp3) is 0.429. The smallest absolute Gasteiger partial charge is 0.245 e. The van der Waals surface area contributed by atoms with Crippen molar-refractivity contribution >= 4 is 17.5 Å². The lowest BCUT2D eigenvalue weighted by molar-refractivity contribution is -0.138. The molecule has 6 nitrogen and oxygen atoms in total. The first-order valence-electron chi connectivity index (χ1n) is 6.48. The quantitative estimate of drug-likeness (QED) is 0.823. The van der Waals surface area contributed by atoms with Gasteiger partial charge in [0.05, 0.1) is 13.2 Å². The van der Waals surface area contributed by atoms with E-state index in [9.17, 15) is 9.59 Å². The van der Waals surface area contributed by atoms with Crippen LogP contribution in [0.15, 0.2) is 30.3 Å². The van der Waals surface area contributed by atoms with Crippen LogP contribution in [-0.4, -0.2) is 49.1 Å². The summed E-state index contributed by atoms with van der Waals surface area (Å²) in [7, 11) is 1.57. The van der Waals surface area contributed by atoms with Crippen LogP contribution in [0.2, 0.25) is 0 Å². The second kappa shape index (κ2) is 6.02. The second-order valence-corrected chi connectivity index (χ2v) is 5.03. The summed E-state index contributed by atoms with van der Waals surface area (Å²) < 4.78 is 5.16. The van der Waals surface area contributed by atoms with Gasteiger partial charge in [-0.15, -0.1) is 0 Å². The Hall–Kier alpha value is -1.92. The number of rotatable bonds is 4. The van der Waals surface area contributed by atoms with E-state index in [2.05, 4.69) is 5.32 Å². The van der Waals surface area contributed by atoms with Crippen molar-refractivity contribution in [2.45, 2.75) is 12.0 Å². The van der Waals surface area contributed by atoms with E-state index in [0.717, 1.165) is 0 Å². The maximum atomic E-state index is 12.2. The summed E-state index contributed by atoms with van der Waals surface area (Å²) >= 11 is 0. The predicted octanol–water partition coefficient (Wildman–Crippen LogP) is 0.201. The molecule has 1 unspecified atom stereocenters. The Morgan fingerprint density at radius 2 is 2.10 bits per heavy atom. The van der Waals surface area contributed by atoms with E-state index in [1.165, 1.54) is 4.90 Å². The minimum Gasteiger partial charge on any atom is -0.379 e. The summed E-state index contributed by atoms with van der Waals surface area (Å²) in [6.07, 6.45) is 0.483. The van der Waals surface area contributed by atoms with Gasteiger partial charge in [-0.3, -0.25) is 9.59 Å². The molecular formula is C14H19N3O3. The molecule has 1 heterocycles. The molecule has 0 saturated carbocycles. The number of nitrogens with one attached hydrogen (secondary N) is 1. The van der Waals surface area contributed by atoms with Crippen molar-refractivity contribution < 1.29 is 14.3 Å². The summed E-state index contributed by atoms with van der Waals surface area (Å²) in [4.78, 5) is 25.4. The average molecular weight is 277 g/mol. The first-order valence-corrected chi connectivity index (χ1v) is 6.48. The molecule has 0 bridgehead atoms. The Morgan fingerprint density at radius 3 is 2.70 bits per heavy atom. The number of nitrogens with two attached hydrogens (primary N) is 1. The molecule has 20 heavy (non-hydrogen) atoms. The molecule has 2 amide bonds. The lowest BCUT2D eigenvalue weighted by Gasteiger charge is -2.27. The van der Waals surface area contributed by atoms with Crippen molar-refractivity contribution in [2.75, 3.05) is 32.1 Å². The summed E-state index contributed by atoms with van der Waals surface area (Å²) in [5, 5.41) is 2.73. The molecule has 1 aromatic carbocycles. The molecule has 0 spiro atoms. The Kier molecular flexibility index (Phi) is 4.36. The third kappa shape index (κ3) is 3.34. The molecular weight excluding hydrogens is 258 g/mol. The molecule has 1 aliphatic rings. The Balaban J connectivity index is 1.89. The lowest BCUT2D eigenvalue weighted by atomic mass is 9.98. The molecule has 0 aliphatic carbocycles. The number of hydrogen-bond acceptors (Lipinski definition) is 4. The van der Waals surface area contributed by atoms with E-state index >= 15 is 0 Å². The van der Waals surface area contributed by atoms with Gasteiger partial charge in [0, 0.05) is 19.3 Å². The van der Waals surface area contributed by atoms with Gasteiger partial charge in [-0.1, -0.05) is 18.2 Å². The largest absolute Gasteiger partial charge is 0.379 e. The maximum Gasteiger partial charge on any atom is 0.245 e. The molecule has 1 atom stereocenters. The van der Waals surface area contributed by atoms with Gasteiger partial charge in [0.15, 0.2) is 0 Å². The molecule has 1 aromatic rings. The molecule has 108 valence electrons. The Labute approximate surface area is 117 Å². The van der Waals surface area contributed by atoms with Gasteiger partial charge in [0.1, 0.15) is 5.54 Å². The fourth-order valence-corrected chi connectivity index (χ4v) is 2.14. The van der Waals surface area contributed by atoms with E-state index in [4.69, 9.17) is 10.5 Å². The number of ether oxygens (including phenoxy) is 1. The van der Waals surface area contributed by atoms with Crippen LogP contribution in [0.4, 0.5) is 5.69 Å². The first-order chi connectivity index (χ1) is 9.51. The van der Waals surface area contributed by atoms with E-state index in [0.29, 0.717) is 18.7 Å².